The van der Waals surface area contributed by atoms with Crippen LogP contribution in [0.1, 0.15) is 0 Å². The van der Waals surface area contributed by atoms with Crippen LogP contribution in [0.25, 0.3) is 0 Å². The van der Waals surface area contributed by atoms with E-state index in [-0.39, 0.29) is 59.1 Å². The first-order chi connectivity index (χ1) is 7.75. The van der Waals surface area contributed by atoms with Gasteiger partial charge < -0.3 is 9.11 Å². The molecule has 0 aromatic carbocycles. The van der Waals surface area contributed by atoms with E-state index in [4.69, 9.17) is 17.5 Å². The molecule has 0 saturated heterocycles. The second-order valence-electron chi connectivity index (χ2n) is 2.55. The molecule has 0 bridgehead atoms. The molecule has 0 aliphatic rings. The summed E-state index contributed by atoms with van der Waals surface area (Å²) in [5.41, 5.74) is 0. The Labute approximate surface area is 154 Å². The molecular weight excluding hydrogens is 380 g/mol. The van der Waals surface area contributed by atoms with E-state index in [2.05, 4.69) is 0 Å². The molecule has 4 nitrogen and oxygen atoms in total. The van der Waals surface area contributed by atoms with E-state index in [1.54, 1.807) is 0 Å². The maximum atomic E-state index is 11.6. The predicted octanol–water partition coefficient (Wildman–Crippen LogP) is -3.95. The van der Waals surface area contributed by atoms with Crippen LogP contribution in [-0.2, 0) is 10.4 Å². The largest absolute Gasteiger partial charge is 1.00 e. The molecule has 0 amide bonds. The van der Waals surface area contributed by atoms with Crippen molar-refractivity contribution in [2.75, 3.05) is 0 Å². The van der Waals surface area contributed by atoms with Crippen LogP contribution in [0.2, 0.25) is 0 Å². The van der Waals surface area contributed by atoms with Crippen LogP contribution in [0.15, 0.2) is 0 Å². The van der Waals surface area contributed by atoms with Crippen LogP contribution in [-0.4, -0.2) is 41.7 Å². The van der Waals surface area contributed by atoms with E-state index in [9.17, 15) is 43.9 Å². The Hall–Kier alpha value is 1.17. The smallest absolute Gasteiger partial charge is 0.759 e. The van der Waals surface area contributed by atoms with Crippen molar-refractivity contribution in [2.45, 2.75) is 24.2 Å². The van der Waals surface area contributed by atoms with Gasteiger partial charge in [-0.1, -0.05) is 0 Å². The van der Waals surface area contributed by atoms with E-state index in [1.165, 1.54) is 0 Å². The fourth-order valence-electron chi connectivity index (χ4n) is 0.356. The quantitative estimate of drug-likeness (QED) is 0.201. The first kappa shape index (κ1) is 30.1. The minimum absolute atomic E-state index is 0. The molecule has 17 heteroatoms. The topological polar surface area (TPSA) is 80.3 Å². The molecule has 0 N–H and O–H groups in total. The van der Waals surface area contributed by atoms with Crippen molar-refractivity contribution in [1.82, 2.24) is 0 Å². The third-order valence-electron chi connectivity index (χ3n) is 1.11. The zero-order chi connectivity index (χ0) is 16.5. The van der Waals surface area contributed by atoms with E-state index < -0.39 is 34.6 Å². The summed E-state index contributed by atoms with van der Waals surface area (Å²) in [6.45, 7) is 0. The summed E-state index contributed by atoms with van der Waals surface area (Å²) in [7, 11) is -5.17. The van der Waals surface area contributed by atoms with Gasteiger partial charge in [0.2, 0.25) is 0 Å². The standard InChI is InChI=1S/C4F10.2Na.H2O4S/c5-1(6,3(9,10)11)2(7,8)4(12,13)14;;;1-5(2,3)4/h;;;(H2,1,2,3,4)/q;2*+1;/p-2. The second kappa shape index (κ2) is 8.86. The maximum Gasteiger partial charge on any atom is 1.00 e. The van der Waals surface area contributed by atoms with E-state index in [1.807, 2.05) is 0 Å². The van der Waals surface area contributed by atoms with Crippen molar-refractivity contribution in [3.05, 3.63) is 0 Å². The first-order valence-corrected chi connectivity index (χ1v) is 4.64. The van der Waals surface area contributed by atoms with Crippen LogP contribution < -0.4 is 59.1 Å². The van der Waals surface area contributed by atoms with Crippen LogP contribution in [0.5, 0.6) is 0 Å². The SMILES string of the molecule is FC(F)(F)C(F)(F)C(F)(F)C(F)(F)F.O=S(=O)([O-])[O-].[Na+].[Na+]. The van der Waals surface area contributed by atoms with E-state index in [0.717, 1.165) is 0 Å². The molecular formula is C4F10Na2O4S. The summed E-state index contributed by atoms with van der Waals surface area (Å²) in [5, 5.41) is 0. The van der Waals surface area contributed by atoms with Gasteiger partial charge in [-0.15, -0.1) is 0 Å². The Morgan fingerprint density at radius 3 is 0.714 bits per heavy atom. The summed E-state index contributed by atoms with van der Waals surface area (Å²) in [6.07, 6.45) is -13.9. The zero-order valence-electron chi connectivity index (χ0n) is 9.82. The van der Waals surface area contributed by atoms with Crippen LogP contribution in [0, 0.1) is 0 Å². The summed E-state index contributed by atoms with van der Waals surface area (Å²) in [5.74, 6) is -14.3. The molecule has 0 radical (unpaired) electrons. The Morgan fingerprint density at radius 1 is 0.571 bits per heavy atom. The van der Waals surface area contributed by atoms with Crippen molar-refractivity contribution >= 4 is 10.4 Å². The van der Waals surface area contributed by atoms with Gasteiger partial charge in [0.25, 0.3) is 0 Å². The molecule has 0 saturated carbocycles. The number of hydrogen-bond acceptors (Lipinski definition) is 4. The Bertz CT molecular complexity index is 368. The number of rotatable bonds is 1. The van der Waals surface area contributed by atoms with Gasteiger partial charge >= 0.3 is 83.3 Å². The predicted molar refractivity (Wildman–Crippen MR) is 32.5 cm³/mol. The Morgan fingerprint density at radius 2 is 0.667 bits per heavy atom. The van der Waals surface area contributed by atoms with Crippen LogP contribution >= 0.6 is 0 Å². The van der Waals surface area contributed by atoms with Gasteiger partial charge in [0.15, 0.2) is 0 Å². The maximum absolute atomic E-state index is 11.6. The number of alkyl halides is 10. The molecule has 0 spiro atoms. The van der Waals surface area contributed by atoms with Crippen molar-refractivity contribution in [2.24, 2.45) is 0 Å². The third kappa shape index (κ3) is 9.80. The average Bonchev–Trinajstić information content (AvgIpc) is 1.95. The van der Waals surface area contributed by atoms with E-state index >= 15 is 0 Å². The van der Waals surface area contributed by atoms with Gasteiger partial charge in [0.1, 0.15) is 0 Å². The Kier molecular flexibility index (Phi) is 12.7. The minimum Gasteiger partial charge on any atom is -0.759 e. The molecule has 0 unspecified atom stereocenters. The molecule has 118 valence electrons. The average molecular weight is 380 g/mol. The number of halogens is 10. The van der Waals surface area contributed by atoms with Gasteiger partial charge in [-0.3, -0.25) is 8.42 Å². The molecule has 0 aliphatic heterocycles. The molecule has 0 atom stereocenters. The minimum atomic E-state index is -7.14. The van der Waals surface area contributed by atoms with Crippen LogP contribution in [0.4, 0.5) is 43.9 Å². The van der Waals surface area contributed by atoms with Crippen LogP contribution in [0.3, 0.4) is 0 Å². The first-order valence-electron chi connectivity index (χ1n) is 3.31. The molecule has 21 heavy (non-hydrogen) atoms. The second-order valence-corrected chi connectivity index (χ2v) is 3.37. The normalized spacial score (nSPS) is 13.3. The van der Waals surface area contributed by atoms with Gasteiger partial charge in [-0.2, -0.15) is 43.9 Å². The van der Waals surface area contributed by atoms with Gasteiger partial charge in [-0.25, -0.2) is 0 Å². The van der Waals surface area contributed by atoms with E-state index in [0.29, 0.717) is 0 Å². The molecule has 0 rings (SSSR count). The van der Waals surface area contributed by atoms with Gasteiger partial charge in [0, 0.05) is 10.4 Å². The van der Waals surface area contributed by atoms with Gasteiger partial charge in [-0.05, 0) is 0 Å². The fraction of sp³-hybridized carbons (Fsp3) is 1.00. The third-order valence-corrected chi connectivity index (χ3v) is 1.11. The summed E-state index contributed by atoms with van der Waals surface area (Å²) >= 11 is 0. The molecule has 0 aliphatic carbocycles. The zero-order valence-corrected chi connectivity index (χ0v) is 14.6. The van der Waals surface area contributed by atoms with Crippen molar-refractivity contribution in [3.63, 3.8) is 0 Å². The molecule has 0 aromatic rings. The molecule has 0 fully saturated rings. The summed E-state index contributed by atoms with van der Waals surface area (Å²) in [4.78, 5) is 0. The summed E-state index contributed by atoms with van der Waals surface area (Å²) < 4.78 is 147. The summed E-state index contributed by atoms with van der Waals surface area (Å²) in [6, 6.07) is 0. The fourth-order valence-corrected chi connectivity index (χ4v) is 0.356. The van der Waals surface area contributed by atoms with Gasteiger partial charge in [0.05, 0.1) is 0 Å². The van der Waals surface area contributed by atoms with Crippen molar-refractivity contribution in [3.8, 4) is 0 Å². The molecule has 0 aromatic heterocycles. The molecule has 0 heterocycles. The number of hydrogen-bond donors (Lipinski definition) is 0. The van der Waals surface area contributed by atoms with Crippen molar-refractivity contribution < 1.29 is 121 Å². The Balaban J connectivity index is -0.000000179. The van der Waals surface area contributed by atoms with Crippen molar-refractivity contribution in [1.29, 1.82) is 0 Å². The monoisotopic (exact) mass is 380 g/mol.